The van der Waals surface area contributed by atoms with Gasteiger partial charge in [0, 0.05) is 24.7 Å². The third kappa shape index (κ3) is 3.93. The molecule has 0 aromatic carbocycles. The van der Waals surface area contributed by atoms with Gasteiger partial charge in [-0.1, -0.05) is 23.4 Å². The second kappa shape index (κ2) is 5.58. The van der Waals surface area contributed by atoms with Gasteiger partial charge in [0.25, 0.3) is 0 Å². The van der Waals surface area contributed by atoms with Crippen molar-refractivity contribution in [3.8, 4) is 11.8 Å². The van der Waals surface area contributed by atoms with Crippen molar-refractivity contribution in [1.29, 1.82) is 0 Å². The monoisotopic (exact) mass is 194 g/mol. The molecule has 0 aliphatic carbocycles. The highest BCUT2D eigenvalue weighted by atomic mass is 35.5. The van der Waals surface area contributed by atoms with Crippen LogP contribution in [0.5, 0.6) is 0 Å². The van der Waals surface area contributed by atoms with Gasteiger partial charge in [0.15, 0.2) is 0 Å². The van der Waals surface area contributed by atoms with Crippen molar-refractivity contribution >= 4 is 11.6 Å². The molecule has 3 heteroatoms. The SMILES string of the molecule is CNCCC#Cc1ccc(Cl)nc1. The van der Waals surface area contributed by atoms with Crippen molar-refractivity contribution in [1.82, 2.24) is 10.3 Å². The van der Waals surface area contributed by atoms with Crippen molar-refractivity contribution in [2.45, 2.75) is 6.42 Å². The lowest BCUT2D eigenvalue weighted by atomic mass is 10.3. The molecule has 13 heavy (non-hydrogen) atoms. The molecule has 1 aromatic heterocycles. The Morgan fingerprint density at radius 2 is 2.38 bits per heavy atom. The molecule has 0 bridgehead atoms. The molecule has 0 spiro atoms. The first-order chi connectivity index (χ1) is 6.33. The van der Waals surface area contributed by atoms with Crippen molar-refractivity contribution in [3.63, 3.8) is 0 Å². The molecule has 0 saturated carbocycles. The molecule has 0 atom stereocenters. The van der Waals surface area contributed by atoms with Crippen molar-refractivity contribution < 1.29 is 0 Å². The number of pyridine rings is 1. The zero-order valence-electron chi connectivity index (χ0n) is 7.47. The van der Waals surface area contributed by atoms with Crippen LogP contribution in [-0.2, 0) is 0 Å². The van der Waals surface area contributed by atoms with Crippen molar-refractivity contribution in [3.05, 3.63) is 29.0 Å². The van der Waals surface area contributed by atoms with Gasteiger partial charge in [0.05, 0.1) is 0 Å². The van der Waals surface area contributed by atoms with Gasteiger partial charge in [0.1, 0.15) is 5.15 Å². The van der Waals surface area contributed by atoms with Crippen LogP contribution >= 0.6 is 11.6 Å². The van der Waals surface area contributed by atoms with Crippen LogP contribution in [-0.4, -0.2) is 18.6 Å². The van der Waals surface area contributed by atoms with E-state index in [2.05, 4.69) is 22.1 Å². The summed E-state index contributed by atoms with van der Waals surface area (Å²) in [6.07, 6.45) is 2.52. The van der Waals surface area contributed by atoms with Gasteiger partial charge < -0.3 is 5.32 Å². The van der Waals surface area contributed by atoms with Gasteiger partial charge in [0.2, 0.25) is 0 Å². The van der Waals surface area contributed by atoms with Crippen LogP contribution in [0.15, 0.2) is 18.3 Å². The van der Waals surface area contributed by atoms with E-state index in [-0.39, 0.29) is 0 Å². The standard InChI is InChI=1S/C10H11ClN2/c1-12-7-3-2-4-9-5-6-10(11)13-8-9/h5-6,8,12H,3,7H2,1H3. The molecule has 0 unspecified atom stereocenters. The van der Waals surface area contributed by atoms with Crippen LogP contribution in [0.3, 0.4) is 0 Å². The van der Waals surface area contributed by atoms with E-state index in [0.29, 0.717) is 5.15 Å². The van der Waals surface area contributed by atoms with E-state index in [1.165, 1.54) is 0 Å². The lowest BCUT2D eigenvalue weighted by molar-refractivity contribution is 0.818. The third-order valence-corrected chi connectivity index (χ3v) is 1.68. The summed E-state index contributed by atoms with van der Waals surface area (Å²) >= 11 is 5.63. The largest absolute Gasteiger partial charge is 0.319 e. The molecule has 0 fully saturated rings. The second-order valence-electron chi connectivity index (χ2n) is 2.52. The molecule has 1 aromatic rings. The number of hydrogen-bond acceptors (Lipinski definition) is 2. The zero-order valence-corrected chi connectivity index (χ0v) is 8.23. The van der Waals surface area contributed by atoms with Crippen LogP contribution in [0.25, 0.3) is 0 Å². The number of hydrogen-bond donors (Lipinski definition) is 1. The summed E-state index contributed by atoms with van der Waals surface area (Å²) in [5.74, 6) is 6.02. The maximum Gasteiger partial charge on any atom is 0.129 e. The van der Waals surface area contributed by atoms with Gasteiger partial charge in [-0.15, -0.1) is 0 Å². The average molecular weight is 195 g/mol. The van der Waals surface area contributed by atoms with Crippen molar-refractivity contribution in [2.75, 3.05) is 13.6 Å². The maximum atomic E-state index is 5.63. The minimum Gasteiger partial charge on any atom is -0.319 e. The predicted molar refractivity (Wildman–Crippen MR) is 54.7 cm³/mol. The topological polar surface area (TPSA) is 24.9 Å². The minimum absolute atomic E-state index is 0.501. The van der Waals surface area contributed by atoms with Crippen LogP contribution in [0, 0.1) is 11.8 Å². The smallest absolute Gasteiger partial charge is 0.129 e. The Morgan fingerprint density at radius 1 is 1.54 bits per heavy atom. The fourth-order valence-electron chi connectivity index (χ4n) is 0.802. The quantitative estimate of drug-likeness (QED) is 0.441. The molecule has 0 aliphatic heterocycles. The van der Waals surface area contributed by atoms with Crippen LogP contribution in [0.2, 0.25) is 5.15 Å². The lowest BCUT2D eigenvalue weighted by Gasteiger charge is -1.90. The Hall–Kier alpha value is -1.04. The van der Waals surface area contributed by atoms with Gasteiger partial charge in [-0.05, 0) is 19.2 Å². The van der Waals surface area contributed by atoms with E-state index in [4.69, 9.17) is 11.6 Å². The van der Waals surface area contributed by atoms with Crippen LogP contribution in [0.1, 0.15) is 12.0 Å². The summed E-state index contributed by atoms with van der Waals surface area (Å²) in [6.45, 7) is 0.911. The zero-order chi connectivity index (χ0) is 9.52. The van der Waals surface area contributed by atoms with E-state index in [1.807, 2.05) is 13.1 Å². The first-order valence-corrected chi connectivity index (χ1v) is 4.46. The molecule has 0 aliphatic rings. The molecule has 0 amide bonds. The average Bonchev–Trinajstić information content (AvgIpc) is 2.15. The molecule has 68 valence electrons. The third-order valence-electron chi connectivity index (χ3n) is 1.46. The predicted octanol–water partition coefficient (Wildman–Crippen LogP) is 1.70. The number of nitrogens with one attached hydrogen (secondary N) is 1. The molecular formula is C10H11ClN2. The van der Waals surface area contributed by atoms with Crippen LogP contribution in [0.4, 0.5) is 0 Å². The number of halogens is 1. The van der Waals surface area contributed by atoms with Crippen molar-refractivity contribution in [2.24, 2.45) is 0 Å². The Kier molecular flexibility index (Phi) is 4.31. The van der Waals surface area contributed by atoms with E-state index in [0.717, 1.165) is 18.5 Å². The Balaban J connectivity index is 2.52. The first-order valence-electron chi connectivity index (χ1n) is 4.08. The van der Waals surface area contributed by atoms with E-state index >= 15 is 0 Å². The van der Waals surface area contributed by atoms with Gasteiger partial charge in [-0.3, -0.25) is 0 Å². The Bertz CT molecular complexity index is 308. The molecule has 2 nitrogen and oxygen atoms in total. The highest BCUT2D eigenvalue weighted by Crippen LogP contribution is 2.03. The minimum atomic E-state index is 0.501. The molecular weight excluding hydrogens is 184 g/mol. The summed E-state index contributed by atoms with van der Waals surface area (Å²) in [7, 11) is 1.91. The Morgan fingerprint density at radius 3 is 3.00 bits per heavy atom. The Labute approximate surface area is 83.3 Å². The molecule has 0 saturated heterocycles. The van der Waals surface area contributed by atoms with E-state index < -0.39 is 0 Å². The van der Waals surface area contributed by atoms with Gasteiger partial charge in [-0.25, -0.2) is 4.98 Å². The molecule has 1 rings (SSSR count). The summed E-state index contributed by atoms with van der Waals surface area (Å²) in [4.78, 5) is 3.93. The summed E-state index contributed by atoms with van der Waals surface area (Å²) < 4.78 is 0. The first kappa shape index (κ1) is 10.0. The highest BCUT2D eigenvalue weighted by molar-refractivity contribution is 6.29. The van der Waals surface area contributed by atoms with Gasteiger partial charge >= 0.3 is 0 Å². The number of rotatable bonds is 2. The normalized spacial score (nSPS) is 9.08. The fourth-order valence-corrected chi connectivity index (χ4v) is 0.914. The summed E-state index contributed by atoms with van der Waals surface area (Å²) in [5.41, 5.74) is 0.903. The van der Waals surface area contributed by atoms with E-state index in [9.17, 15) is 0 Å². The number of aromatic nitrogens is 1. The molecule has 1 heterocycles. The molecule has 1 N–H and O–H groups in total. The fraction of sp³-hybridized carbons (Fsp3) is 0.300. The maximum absolute atomic E-state index is 5.63. The van der Waals surface area contributed by atoms with E-state index in [1.54, 1.807) is 12.3 Å². The second-order valence-corrected chi connectivity index (χ2v) is 2.91. The summed E-state index contributed by atoms with van der Waals surface area (Å²) in [6, 6.07) is 3.60. The number of nitrogens with zero attached hydrogens (tertiary/aromatic N) is 1. The summed E-state index contributed by atoms with van der Waals surface area (Å²) in [5, 5.41) is 3.52. The highest BCUT2D eigenvalue weighted by Gasteiger charge is 1.87. The van der Waals surface area contributed by atoms with Crippen LogP contribution < -0.4 is 5.32 Å². The lowest BCUT2D eigenvalue weighted by Crippen LogP contribution is -2.05. The molecule has 0 radical (unpaired) electrons. The van der Waals surface area contributed by atoms with Gasteiger partial charge in [-0.2, -0.15) is 0 Å².